The molecule has 0 atom stereocenters. The SMILES string of the molecule is FC(F)(F)C(F)(F)n1cnnc1. The smallest absolute Gasteiger partial charge is 0.251 e. The zero-order chi connectivity index (χ0) is 9.41. The Morgan fingerprint density at radius 2 is 1.33 bits per heavy atom. The highest BCUT2D eigenvalue weighted by molar-refractivity contribution is 4.76. The van der Waals surface area contributed by atoms with Crippen molar-refractivity contribution in [2.24, 2.45) is 0 Å². The molecule has 0 aromatic carbocycles. The van der Waals surface area contributed by atoms with Crippen LogP contribution in [-0.2, 0) is 6.05 Å². The lowest BCUT2D eigenvalue weighted by molar-refractivity contribution is -0.324. The van der Waals surface area contributed by atoms with Crippen molar-refractivity contribution in [1.82, 2.24) is 14.8 Å². The zero-order valence-corrected chi connectivity index (χ0v) is 5.39. The monoisotopic (exact) mass is 187 g/mol. The number of rotatable bonds is 1. The minimum absolute atomic E-state index is 0.299. The van der Waals surface area contributed by atoms with E-state index >= 15 is 0 Å². The topological polar surface area (TPSA) is 30.7 Å². The Hall–Kier alpha value is -1.21. The lowest BCUT2D eigenvalue weighted by Gasteiger charge is -2.19. The molecule has 0 saturated heterocycles. The first-order valence-electron chi connectivity index (χ1n) is 2.65. The fourth-order valence-corrected chi connectivity index (χ4v) is 0.492. The van der Waals surface area contributed by atoms with Crippen LogP contribution in [-0.4, -0.2) is 20.9 Å². The molecule has 0 aliphatic heterocycles. The summed E-state index contributed by atoms with van der Waals surface area (Å²) in [5.74, 6) is 0. The van der Waals surface area contributed by atoms with Gasteiger partial charge in [-0.15, -0.1) is 10.2 Å². The highest BCUT2D eigenvalue weighted by Crippen LogP contribution is 2.38. The molecular weight excluding hydrogens is 185 g/mol. The fourth-order valence-electron chi connectivity index (χ4n) is 0.492. The maximum absolute atomic E-state index is 12.3. The predicted molar refractivity (Wildman–Crippen MR) is 26.3 cm³/mol. The standard InChI is InChI=1S/C4H2F5N3/c5-3(6,7)4(8,9)12-1-10-11-2-12/h1-2H. The molecule has 0 radical (unpaired) electrons. The van der Waals surface area contributed by atoms with E-state index in [-0.39, 0.29) is 0 Å². The van der Waals surface area contributed by atoms with Gasteiger partial charge in [0, 0.05) is 0 Å². The largest absolute Gasteiger partial charge is 0.475 e. The fraction of sp³-hybridized carbons (Fsp3) is 0.500. The molecule has 0 aliphatic rings. The predicted octanol–water partition coefficient (Wildman–Crippen LogP) is 1.39. The molecule has 1 rings (SSSR count). The summed E-state index contributed by atoms with van der Waals surface area (Å²) in [5, 5.41) is 5.67. The quantitative estimate of drug-likeness (QED) is 0.622. The van der Waals surface area contributed by atoms with Crippen molar-refractivity contribution in [3.63, 3.8) is 0 Å². The number of hydrogen-bond donors (Lipinski definition) is 0. The van der Waals surface area contributed by atoms with Crippen LogP contribution in [0.2, 0.25) is 0 Å². The molecule has 12 heavy (non-hydrogen) atoms. The number of nitrogens with zero attached hydrogens (tertiary/aromatic N) is 3. The number of alkyl halides is 5. The lowest BCUT2D eigenvalue weighted by Crippen LogP contribution is -2.38. The Labute approximate surface area is 62.8 Å². The Balaban J connectivity index is 3.02. The minimum Gasteiger partial charge on any atom is -0.251 e. The van der Waals surface area contributed by atoms with Gasteiger partial charge in [0.2, 0.25) is 0 Å². The van der Waals surface area contributed by atoms with Crippen LogP contribution >= 0.6 is 0 Å². The van der Waals surface area contributed by atoms with Gasteiger partial charge in [0.15, 0.2) is 0 Å². The third kappa shape index (κ3) is 1.23. The van der Waals surface area contributed by atoms with E-state index in [2.05, 4.69) is 10.2 Å². The van der Waals surface area contributed by atoms with Gasteiger partial charge in [-0.3, -0.25) is 4.57 Å². The van der Waals surface area contributed by atoms with E-state index in [1.165, 1.54) is 0 Å². The first-order chi connectivity index (χ1) is 5.36. The Kier molecular flexibility index (Phi) is 1.77. The second kappa shape index (κ2) is 2.39. The summed E-state index contributed by atoms with van der Waals surface area (Å²) in [4.78, 5) is 0. The van der Waals surface area contributed by atoms with Gasteiger partial charge in [0.05, 0.1) is 0 Å². The molecule has 0 unspecified atom stereocenters. The third-order valence-corrected chi connectivity index (χ3v) is 1.08. The molecule has 0 aliphatic carbocycles. The van der Waals surface area contributed by atoms with Crippen molar-refractivity contribution < 1.29 is 22.0 Å². The van der Waals surface area contributed by atoms with Crippen molar-refractivity contribution in [3.8, 4) is 0 Å². The summed E-state index contributed by atoms with van der Waals surface area (Å²) in [6.07, 6.45) is -5.03. The van der Waals surface area contributed by atoms with E-state index in [0.29, 0.717) is 12.7 Å². The van der Waals surface area contributed by atoms with E-state index < -0.39 is 16.8 Å². The first-order valence-corrected chi connectivity index (χ1v) is 2.65. The van der Waals surface area contributed by atoms with E-state index in [0.717, 1.165) is 0 Å². The zero-order valence-electron chi connectivity index (χ0n) is 5.39. The van der Waals surface area contributed by atoms with Gasteiger partial charge >= 0.3 is 12.2 Å². The summed E-state index contributed by atoms with van der Waals surface area (Å²) < 4.78 is 58.8. The highest BCUT2D eigenvalue weighted by Gasteiger charge is 2.59. The first kappa shape index (κ1) is 8.88. The van der Waals surface area contributed by atoms with Gasteiger partial charge in [0.25, 0.3) is 0 Å². The number of aromatic nitrogens is 3. The normalized spacial score (nSPS) is 13.4. The highest BCUT2D eigenvalue weighted by atomic mass is 19.4. The van der Waals surface area contributed by atoms with E-state index in [9.17, 15) is 22.0 Å². The van der Waals surface area contributed by atoms with Crippen molar-refractivity contribution in [2.45, 2.75) is 12.2 Å². The maximum atomic E-state index is 12.3. The summed E-state index contributed by atoms with van der Waals surface area (Å²) in [6.45, 7) is 0. The van der Waals surface area contributed by atoms with Crippen molar-refractivity contribution >= 4 is 0 Å². The summed E-state index contributed by atoms with van der Waals surface area (Å²) in [7, 11) is 0. The Morgan fingerprint density at radius 1 is 0.917 bits per heavy atom. The van der Waals surface area contributed by atoms with Crippen molar-refractivity contribution in [1.29, 1.82) is 0 Å². The van der Waals surface area contributed by atoms with E-state index in [1.54, 1.807) is 0 Å². The van der Waals surface area contributed by atoms with Crippen LogP contribution in [0.15, 0.2) is 12.7 Å². The van der Waals surface area contributed by atoms with E-state index in [4.69, 9.17) is 0 Å². The van der Waals surface area contributed by atoms with Crippen LogP contribution in [0.25, 0.3) is 0 Å². The molecule has 0 amide bonds. The molecule has 3 nitrogen and oxygen atoms in total. The van der Waals surface area contributed by atoms with Crippen LogP contribution in [0.4, 0.5) is 22.0 Å². The van der Waals surface area contributed by atoms with Crippen LogP contribution < -0.4 is 0 Å². The van der Waals surface area contributed by atoms with Gasteiger partial charge in [-0.25, -0.2) is 0 Å². The lowest BCUT2D eigenvalue weighted by atomic mass is 10.5. The maximum Gasteiger partial charge on any atom is 0.475 e. The van der Waals surface area contributed by atoms with Gasteiger partial charge < -0.3 is 0 Å². The van der Waals surface area contributed by atoms with Crippen LogP contribution in [0.1, 0.15) is 0 Å². The molecular formula is C4H2F5N3. The summed E-state index contributed by atoms with van der Waals surface area (Å²) in [6, 6.07) is -4.95. The Bertz CT molecular complexity index is 250. The molecule has 0 bridgehead atoms. The second-order valence-electron chi connectivity index (χ2n) is 1.91. The van der Waals surface area contributed by atoms with Crippen LogP contribution in [0.5, 0.6) is 0 Å². The van der Waals surface area contributed by atoms with Gasteiger partial charge in [-0.1, -0.05) is 0 Å². The average molecular weight is 187 g/mol. The molecule has 1 aromatic rings. The molecule has 1 aromatic heterocycles. The number of halogens is 5. The molecule has 8 heteroatoms. The minimum atomic E-state index is -5.63. The van der Waals surface area contributed by atoms with Gasteiger partial charge in [-0.05, 0) is 0 Å². The van der Waals surface area contributed by atoms with Gasteiger partial charge in [-0.2, -0.15) is 22.0 Å². The summed E-state index contributed by atoms with van der Waals surface area (Å²) >= 11 is 0. The Morgan fingerprint density at radius 3 is 1.67 bits per heavy atom. The van der Waals surface area contributed by atoms with Crippen molar-refractivity contribution in [2.75, 3.05) is 0 Å². The molecule has 0 spiro atoms. The molecule has 0 N–H and O–H groups in total. The molecule has 0 fully saturated rings. The van der Waals surface area contributed by atoms with Crippen LogP contribution in [0.3, 0.4) is 0 Å². The summed E-state index contributed by atoms with van der Waals surface area (Å²) in [5.41, 5.74) is 0. The van der Waals surface area contributed by atoms with Gasteiger partial charge in [0.1, 0.15) is 12.7 Å². The third-order valence-electron chi connectivity index (χ3n) is 1.08. The number of hydrogen-bond acceptors (Lipinski definition) is 2. The molecule has 1 heterocycles. The molecule has 68 valence electrons. The van der Waals surface area contributed by atoms with Crippen molar-refractivity contribution in [3.05, 3.63) is 12.7 Å². The average Bonchev–Trinajstić information content (AvgIpc) is 2.34. The second-order valence-corrected chi connectivity index (χ2v) is 1.91. The van der Waals surface area contributed by atoms with E-state index in [1.807, 2.05) is 0 Å². The molecule has 0 saturated carbocycles. The van der Waals surface area contributed by atoms with Crippen LogP contribution in [0, 0.1) is 0 Å².